The van der Waals surface area contributed by atoms with Gasteiger partial charge in [-0.2, -0.15) is 0 Å². The molecule has 0 bridgehead atoms. The average Bonchev–Trinajstić information content (AvgIpc) is 2.59. The summed E-state index contributed by atoms with van der Waals surface area (Å²) in [5, 5.41) is 6.06. The van der Waals surface area contributed by atoms with Crippen molar-refractivity contribution in [3.05, 3.63) is 58.9 Å². The van der Waals surface area contributed by atoms with Gasteiger partial charge in [-0.1, -0.05) is 23.7 Å². The summed E-state index contributed by atoms with van der Waals surface area (Å²) in [6.07, 6.45) is 0.111. The van der Waals surface area contributed by atoms with Crippen molar-refractivity contribution in [2.45, 2.75) is 6.42 Å². The highest BCUT2D eigenvalue weighted by molar-refractivity contribution is 6.32. The van der Waals surface area contributed by atoms with Crippen LogP contribution in [-0.4, -0.2) is 32.1 Å². The SMILES string of the molecule is COc1ccc(NC(N)=NCCNC(=O)Cc2cccc(F)c2)cc1Cl. The van der Waals surface area contributed by atoms with Gasteiger partial charge in [0.2, 0.25) is 5.91 Å². The standard InChI is InChI=1S/C18H20ClFN4O2/c1-26-16-6-5-14(11-15(16)19)24-18(21)23-8-7-22-17(25)10-12-3-2-4-13(20)9-12/h2-6,9,11H,7-8,10H2,1H3,(H,22,25)(H3,21,23,24). The molecular weight excluding hydrogens is 359 g/mol. The summed E-state index contributed by atoms with van der Waals surface area (Å²) in [7, 11) is 1.53. The smallest absolute Gasteiger partial charge is 0.224 e. The molecule has 0 fully saturated rings. The minimum Gasteiger partial charge on any atom is -0.495 e. The Morgan fingerprint density at radius 3 is 2.81 bits per heavy atom. The van der Waals surface area contributed by atoms with E-state index in [1.807, 2.05) is 0 Å². The molecule has 0 unspecified atom stereocenters. The Labute approximate surface area is 156 Å². The lowest BCUT2D eigenvalue weighted by Crippen LogP contribution is -2.29. The molecule has 0 aliphatic carbocycles. The maximum Gasteiger partial charge on any atom is 0.224 e. The van der Waals surface area contributed by atoms with E-state index in [2.05, 4.69) is 15.6 Å². The molecule has 0 heterocycles. The number of rotatable bonds is 7. The van der Waals surface area contributed by atoms with Gasteiger partial charge in [0.05, 0.1) is 25.1 Å². The van der Waals surface area contributed by atoms with Gasteiger partial charge in [-0.3, -0.25) is 9.79 Å². The van der Waals surface area contributed by atoms with Crippen LogP contribution in [0.5, 0.6) is 5.75 Å². The average molecular weight is 379 g/mol. The van der Waals surface area contributed by atoms with Gasteiger partial charge in [0.25, 0.3) is 0 Å². The predicted molar refractivity (Wildman–Crippen MR) is 101 cm³/mol. The highest BCUT2D eigenvalue weighted by Crippen LogP contribution is 2.26. The molecule has 4 N–H and O–H groups in total. The maximum absolute atomic E-state index is 13.1. The third kappa shape index (κ3) is 6.25. The highest BCUT2D eigenvalue weighted by Gasteiger charge is 2.04. The zero-order valence-corrected chi connectivity index (χ0v) is 15.0. The Morgan fingerprint density at radius 2 is 2.12 bits per heavy atom. The number of carbonyl (C=O) groups excluding carboxylic acids is 1. The second-order valence-corrected chi connectivity index (χ2v) is 5.81. The van der Waals surface area contributed by atoms with Crippen LogP contribution in [-0.2, 0) is 11.2 Å². The van der Waals surface area contributed by atoms with Crippen molar-refractivity contribution in [1.82, 2.24) is 5.32 Å². The van der Waals surface area contributed by atoms with Gasteiger partial charge < -0.3 is 21.1 Å². The lowest BCUT2D eigenvalue weighted by molar-refractivity contribution is -0.120. The first-order valence-corrected chi connectivity index (χ1v) is 8.27. The van der Waals surface area contributed by atoms with Crippen molar-refractivity contribution in [3.63, 3.8) is 0 Å². The summed E-state index contributed by atoms with van der Waals surface area (Å²) in [5.41, 5.74) is 7.08. The number of anilines is 1. The van der Waals surface area contributed by atoms with E-state index < -0.39 is 0 Å². The van der Waals surface area contributed by atoms with Crippen molar-refractivity contribution in [1.29, 1.82) is 0 Å². The molecule has 6 nitrogen and oxygen atoms in total. The van der Waals surface area contributed by atoms with Crippen LogP contribution in [0.2, 0.25) is 5.02 Å². The number of benzene rings is 2. The molecule has 0 spiro atoms. The van der Waals surface area contributed by atoms with Crippen molar-refractivity contribution < 1.29 is 13.9 Å². The lowest BCUT2D eigenvalue weighted by Gasteiger charge is -2.08. The van der Waals surface area contributed by atoms with Gasteiger partial charge >= 0.3 is 0 Å². The van der Waals surface area contributed by atoms with Crippen LogP contribution in [0, 0.1) is 5.82 Å². The first kappa shape index (κ1) is 19.5. The van der Waals surface area contributed by atoms with Crippen LogP contribution < -0.4 is 21.1 Å². The Kier molecular flexibility index (Phi) is 7.23. The Morgan fingerprint density at radius 1 is 1.31 bits per heavy atom. The first-order chi connectivity index (χ1) is 12.5. The molecular formula is C18H20ClFN4O2. The number of nitrogens with zero attached hydrogens (tertiary/aromatic N) is 1. The normalized spacial score (nSPS) is 11.1. The zero-order chi connectivity index (χ0) is 18.9. The quantitative estimate of drug-likeness (QED) is 0.392. The lowest BCUT2D eigenvalue weighted by atomic mass is 10.1. The van der Waals surface area contributed by atoms with Gasteiger partial charge in [-0.15, -0.1) is 0 Å². The molecule has 0 saturated heterocycles. The molecule has 138 valence electrons. The maximum atomic E-state index is 13.1. The minimum absolute atomic E-state index is 0.111. The van der Waals surface area contributed by atoms with Crippen LogP contribution in [0.1, 0.15) is 5.56 Å². The summed E-state index contributed by atoms with van der Waals surface area (Å²) >= 11 is 6.03. The van der Waals surface area contributed by atoms with Crippen molar-refractivity contribution in [3.8, 4) is 5.75 Å². The van der Waals surface area contributed by atoms with E-state index in [1.165, 1.54) is 19.2 Å². The highest BCUT2D eigenvalue weighted by atomic mass is 35.5. The largest absolute Gasteiger partial charge is 0.495 e. The minimum atomic E-state index is -0.364. The van der Waals surface area contributed by atoms with Gasteiger partial charge in [0.1, 0.15) is 11.6 Å². The number of ether oxygens (including phenoxy) is 1. The number of nitrogens with one attached hydrogen (secondary N) is 2. The number of carbonyl (C=O) groups is 1. The van der Waals surface area contributed by atoms with E-state index in [0.717, 1.165) is 0 Å². The summed E-state index contributed by atoms with van der Waals surface area (Å²) in [6, 6.07) is 11.1. The van der Waals surface area contributed by atoms with Crippen LogP contribution in [0.3, 0.4) is 0 Å². The van der Waals surface area contributed by atoms with E-state index in [0.29, 0.717) is 35.1 Å². The summed E-state index contributed by atoms with van der Waals surface area (Å²) in [6.45, 7) is 0.623. The van der Waals surface area contributed by atoms with Crippen LogP contribution in [0.25, 0.3) is 0 Å². The van der Waals surface area contributed by atoms with E-state index >= 15 is 0 Å². The number of guanidine groups is 1. The van der Waals surface area contributed by atoms with E-state index in [9.17, 15) is 9.18 Å². The monoisotopic (exact) mass is 378 g/mol. The molecule has 0 aliphatic heterocycles. The number of hydrogen-bond donors (Lipinski definition) is 3. The summed E-state index contributed by atoms with van der Waals surface area (Å²) in [5.74, 6) is 0.191. The van der Waals surface area contributed by atoms with E-state index in [1.54, 1.807) is 30.3 Å². The van der Waals surface area contributed by atoms with E-state index in [4.69, 9.17) is 22.1 Å². The second-order valence-electron chi connectivity index (χ2n) is 5.40. The summed E-state index contributed by atoms with van der Waals surface area (Å²) in [4.78, 5) is 15.9. The number of methoxy groups -OCH3 is 1. The molecule has 2 rings (SSSR count). The number of amides is 1. The van der Waals surface area contributed by atoms with Crippen LogP contribution >= 0.6 is 11.6 Å². The van der Waals surface area contributed by atoms with Gasteiger partial charge in [-0.05, 0) is 35.9 Å². The Hall–Kier alpha value is -2.80. The Bertz CT molecular complexity index is 799. The van der Waals surface area contributed by atoms with Crippen molar-refractivity contribution in [2.24, 2.45) is 10.7 Å². The Balaban J connectivity index is 1.75. The molecule has 26 heavy (non-hydrogen) atoms. The number of aliphatic imine (C=N–C) groups is 1. The number of hydrogen-bond acceptors (Lipinski definition) is 3. The second kappa shape index (κ2) is 9.62. The summed E-state index contributed by atoms with van der Waals surface area (Å²) < 4.78 is 18.1. The topological polar surface area (TPSA) is 88.7 Å². The fourth-order valence-electron chi connectivity index (χ4n) is 2.20. The molecule has 0 radical (unpaired) electrons. The number of halogens is 2. The molecule has 0 aliphatic rings. The van der Waals surface area contributed by atoms with Crippen molar-refractivity contribution in [2.75, 3.05) is 25.5 Å². The third-order valence-electron chi connectivity index (χ3n) is 3.39. The fourth-order valence-corrected chi connectivity index (χ4v) is 2.46. The van der Waals surface area contributed by atoms with Crippen LogP contribution in [0.4, 0.5) is 10.1 Å². The zero-order valence-electron chi connectivity index (χ0n) is 14.3. The molecule has 2 aromatic rings. The third-order valence-corrected chi connectivity index (χ3v) is 3.69. The van der Waals surface area contributed by atoms with Gasteiger partial charge in [-0.25, -0.2) is 4.39 Å². The molecule has 1 amide bonds. The number of nitrogens with two attached hydrogens (primary N) is 1. The van der Waals surface area contributed by atoms with Gasteiger partial charge in [0.15, 0.2) is 5.96 Å². The van der Waals surface area contributed by atoms with Gasteiger partial charge in [0, 0.05) is 12.2 Å². The van der Waals surface area contributed by atoms with Crippen molar-refractivity contribution >= 4 is 29.2 Å². The van der Waals surface area contributed by atoms with Crippen LogP contribution in [0.15, 0.2) is 47.5 Å². The molecule has 0 atom stereocenters. The molecule has 0 aromatic heterocycles. The predicted octanol–water partition coefficient (Wildman–Crippen LogP) is 2.57. The fraction of sp³-hybridized carbons (Fsp3) is 0.222. The van der Waals surface area contributed by atoms with E-state index in [-0.39, 0.29) is 24.1 Å². The first-order valence-electron chi connectivity index (χ1n) is 7.89. The molecule has 8 heteroatoms. The molecule has 0 saturated carbocycles. The molecule has 2 aromatic carbocycles.